The molecule has 1 saturated heterocycles. The maximum atomic E-state index is 12.3. The lowest BCUT2D eigenvalue weighted by Gasteiger charge is -2.35. The predicted molar refractivity (Wildman–Crippen MR) is 107 cm³/mol. The summed E-state index contributed by atoms with van der Waals surface area (Å²) in [6.45, 7) is 4.12. The summed E-state index contributed by atoms with van der Waals surface area (Å²) in [6.07, 6.45) is 3.28. The van der Waals surface area contributed by atoms with Crippen molar-refractivity contribution in [2.45, 2.75) is 6.92 Å². The third-order valence-corrected chi connectivity index (χ3v) is 5.01. The number of nitrogens with one attached hydrogen (secondary N) is 1. The summed E-state index contributed by atoms with van der Waals surface area (Å²) in [5.41, 5.74) is 1.61. The number of carbonyl (C=O) groups is 2. The van der Waals surface area contributed by atoms with E-state index >= 15 is 0 Å². The number of hydrogen-bond acceptors (Lipinski definition) is 6. The van der Waals surface area contributed by atoms with Crippen molar-refractivity contribution in [3.8, 4) is 5.88 Å². The molecule has 0 aliphatic carbocycles. The van der Waals surface area contributed by atoms with Crippen molar-refractivity contribution in [2.24, 2.45) is 0 Å². The first-order valence-corrected chi connectivity index (χ1v) is 9.58. The molecular weight excluding hydrogens is 364 g/mol. The molecule has 1 aliphatic heterocycles. The van der Waals surface area contributed by atoms with E-state index in [2.05, 4.69) is 15.2 Å². The fraction of sp³-hybridized carbons (Fsp3) is 0.316. The van der Waals surface area contributed by atoms with E-state index in [0.29, 0.717) is 43.6 Å². The molecule has 3 heterocycles. The molecule has 0 saturated carbocycles. The number of hydrogen-bond donors (Lipinski definition) is 1. The number of pyridine rings is 1. The molecule has 0 radical (unpaired) electrons. The fourth-order valence-corrected chi connectivity index (χ4v) is 3.46. The molecule has 1 fully saturated rings. The molecule has 0 atom stereocenters. The van der Waals surface area contributed by atoms with Crippen molar-refractivity contribution in [3.63, 3.8) is 0 Å². The lowest BCUT2D eigenvalue weighted by molar-refractivity contribution is -0.129. The molecule has 2 aromatic heterocycles. The van der Waals surface area contributed by atoms with Gasteiger partial charge in [-0.3, -0.25) is 9.59 Å². The maximum absolute atomic E-state index is 12.3. The molecule has 7 nitrogen and oxygen atoms in total. The van der Waals surface area contributed by atoms with E-state index in [9.17, 15) is 9.59 Å². The summed E-state index contributed by atoms with van der Waals surface area (Å²) >= 11 is 1.58. The van der Waals surface area contributed by atoms with Crippen LogP contribution < -0.4 is 15.0 Å². The second kappa shape index (κ2) is 8.68. The van der Waals surface area contributed by atoms with Crippen LogP contribution in [0.25, 0.3) is 6.08 Å². The van der Waals surface area contributed by atoms with Crippen LogP contribution >= 0.6 is 11.3 Å². The second-order valence-corrected chi connectivity index (χ2v) is 6.88. The van der Waals surface area contributed by atoms with Gasteiger partial charge in [-0.15, -0.1) is 0 Å². The number of ether oxygens (including phenoxy) is 1. The van der Waals surface area contributed by atoms with Gasteiger partial charge in [0.05, 0.1) is 12.8 Å². The molecular formula is C19H22N4O3S. The molecule has 1 aliphatic rings. The third-order valence-electron chi connectivity index (χ3n) is 4.31. The Labute approximate surface area is 162 Å². The van der Waals surface area contributed by atoms with Crippen molar-refractivity contribution in [2.75, 3.05) is 43.5 Å². The zero-order valence-corrected chi connectivity index (χ0v) is 16.2. The van der Waals surface area contributed by atoms with Crippen LogP contribution in [0.4, 0.5) is 11.5 Å². The first-order valence-electron chi connectivity index (χ1n) is 8.63. The Morgan fingerprint density at radius 1 is 1.22 bits per heavy atom. The summed E-state index contributed by atoms with van der Waals surface area (Å²) in [5.74, 6) is 0.970. The third kappa shape index (κ3) is 4.85. The Hall–Kier alpha value is -2.87. The van der Waals surface area contributed by atoms with Crippen LogP contribution in [-0.2, 0) is 9.59 Å². The van der Waals surface area contributed by atoms with Crippen LogP contribution in [0, 0.1) is 0 Å². The topological polar surface area (TPSA) is 74.8 Å². The number of anilines is 2. The molecule has 2 amide bonds. The molecule has 3 rings (SSSR count). The summed E-state index contributed by atoms with van der Waals surface area (Å²) in [7, 11) is 1.56. The molecule has 0 unspecified atom stereocenters. The predicted octanol–water partition coefficient (Wildman–Crippen LogP) is 2.47. The smallest absolute Gasteiger partial charge is 0.248 e. The van der Waals surface area contributed by atoms with Gasteiger partial charge in [-0.1, -0.05) is 0 Å². The quantitative estimate of drug-likeness (QED) is 0.799. The largest absolute Gasteiger partial charge is 0.481 e. The fourth-order valence-electron chi connectivity index (χ4n) is 2.83. The van der Waals surface area contributed by atoms with E-state index < -0.39 is 0 Å². The van der Waals surface area contributed by atoms with Crippen molar-refractivity contribution in [1.82, 2.24) is 9.88 Å². The molecule has 1 N–H and O–H groups in total. The van der Waals surface area contributed by atoms with Crippen LogP contribution in [0.2, 0.25) is 0 Å². The number of carbonyl (C=O) groups excluding carboxylic acids is 2. The number of thiophene rings is 1. The Kier molecular flexibility index (Phi) is 6.08. The molecule has 0 bridgehead atoms. The molecule has 2 aromatic rings. The van der Waals surface area contributed by atoms with E-state index in [1.165, 1.54) is 6.08 Å². The first-order chi connectivity index (χ1) is 13.1. The maximum Gasteiger partial charge on any atom is 0.248 e. The van der Waals surface area contributed by atoms with E-state index in [1.54, 1.807) is 48.5 Å². The van der Waals surface area contributed by atoms with Gasteiger partial charge >= 0.3 is 0 Å². The van der Waals surface area contributed by atoms with Crippen molar-refractivity contribution in [3.05, 3.63) is 40.6 Å². The lowest BCUT2D eigenvalue weighted by Crippen LogP contribution is -2.48. The number of rotatable bonds is 5. The van der Waals surface area contributed by atoms with Gasteiger partial charge in [-0.05, 0) is 34.5 Å². The van der Waals surface area contributed by atoms with Crippen molar-refractivity contribution >= 4 is 40.7 Å². The Morgan fingerprint density at radius 2 is 2.00 bits per heavy atom. The van der Waals surface area contributed by atoms with Crippen LogP contribution in [0.15, 0.2) is 35.0 Å². The molecule has 0 spiro atoms. The number of nitrogens with zero attached hydrogens (tertiary/aromatic N) is 3. The Bertz CT molecular complexity index is 827. The first kappa shape index (κ1) is 18.9. The highest BCUT2D eigenvalue weighted by Gasteiger charge is 2.22. The normalized spacial score (nSPS) is 14.4. The zero-order valence-electron chi connectivity index (χ0n) is 15.3. The van der Waals surface area contributed by atoms with Gasteiger partial charge < -0.3 is 19.9 Å². The number of aromatic nitrogens is 1. The van der Waals surface area contributed by atoms with Crippen LogP contribution in [0.3, 0.4) is 0 Å². The minimum absolute atomic E-state index is 0.0698. The highest BCUT2D eigenvalue weighted by atomic mass is 32.1. The summed E-state index contributed by atoms with van der Waals surface area (Å²) in [6, 6.07) is 5.45. The zero-order chi connectivity index (χ0) is 19.2. The van der Waals surface area contributed by atoms with E-state index in [4.69, 9.17) is 4.74 Å². The van der Waals surface area contributed by atoms with Crippen LogP contribution in [0.1, 0.15) is 12.5 Å². The summed E-state index contributed by atoms with van der Waals surface area (Å²) in [4.78, 5) is 32.2. The molecule has 8 heteroatoms. The van der Waals surface area contributed by atoms with Gasteiger partial charge in [0, 0.05) is 45.2 Å². The Morgan fingerprint density at radius 3 is 2.63 bits per heavy atom. The van der Waals surface area contributed by atoms with Crippen LogP contribution in [0.5, 0.6) is 5.88 Å². The SMILES string of the molecule is COc1ccc(NC(=O)/C=C/c2ccsc2)c(N2CCN(C(C)=O)CC2)n1. The van der Waals surface area contributed by atoms with E-state index in [1.807, 2.05) is 16.8 Å². The highest BCUT2D eigenvalue weighted by molar-refractivity contribution is 7.08. The van der Waals surface area contributed by atoms with Gasteiger partial charge in [0.2, 0.25) is 17.7 Å². The number of methoxy groups -OCH3 is 1. The van der Waals surface area contributed by atoms with Gasteiger partial charge in [-0.25, -0.2) is 0 Å². The average molecular weight is 386 g/mol. The van der Waals surface area contributed by atoms with E-state index in [0.717, 1.165) is 5.56 Å². The van der Waals surface area contributed by atoms with Crippen LogP contribution in [-0.4, -0.2) is 55.0 Å². The summed E-state index contributed by atoms with van der Waals surface area (Å²) in [5, 5.41) is 6.83. The Balaban J connectivity index is 1.75. The lowest BCUT2D eigenvalue weighted by atomic mass is 10.2. The standard InChI is InChI=1S/C19H22N4O3S/c1-14(24)22-8-10-23(11-9-22)19-16(4-6-18(21-19)26-2)20-17(25)5-3-15-7-12-27-13-15/h3-7,12-13H,8-11H2,1-2H3,(H,20,25)/b5-3+. The number of piperazine rings is 1. The number of amides is 2. The molecule has 27 heavy (non-hydrogen) atoms. The average Bonchev–Trinajstić information content (AvgIpc) is 3.20. The second-order valence-electron chi connectivity index (χ2n) is 6.10. The minimum atomic E-state index is -0.225. The van der Waals surface area contributed by atoms with Gasteiger partial charge in [0.25, 0.3) is 0 Å². The summed E-state index contributed by atoms with van der Waals surface area (Å²) < 4.78 is 5.23. The van der Waals surface area contributed by atoms with Gasteiger partial charge in [0.15, 0.2) is 5.82 Å². The minimum Gasteiger partial charge on any atom is -0.481 e. The van der Waals surface area contributed by atoms with Crippen molar-refractivity contribution < 1.29 is 14.3 Å². The van der Waals surface area contributed by atoms with Gasteiger partial charge in [-0.2, -0.15) is 16.3 Å². The van der Waals surface area contributed by atoms with Gasteiger partial charge in [0.1, 0.15) is 0 Å². The molecule has 0 aromatic carbocycles. The van der Waals surface area contributed by atoms with Crippen molar-refractivity contribution in [1.29, 1.82) is 0 Å². The monoisotopic (exact) mass is 386 g/mol. The van der Waals surface area contributed by atoms with E-state index in [-0.39, 0.29) is 11.8 Å². The molecule has 142 valence electrons. The highest BCUT2D eigenvalue weighted by Crippen LogP contribution is 2.27.